The van der Waals surface area contributed by atoms with Gasteiger partial charge in [0.15, 0.2) is 0 Å². The molecule has 8 heteroatoms. The SMILES string of the molecule is COCCNC(=O)C1CN(Cc2scnc2C)Cc2cncn21. The maximum atomic E-state index is 12.5. The smallest absolute Gasteiger partial charge is 0.244 e. The van der Waals surface area contributed by atoms with Gasteiger partial charge in [-0.15, -0.1) is 11.3 Å². The molecule has 0 aliphatic carbocycles. The number of hydrogen-bond acceptors (Lipinski definition) is 6. The molecule has 23 heavy (non-hydrogen) atoms. The van der Waals surface area contributed by atoms with Crippen molar-refractivity contribution in [3.8, 4) is 0 Å². The molecule has 1 unspecified atom stereocenters. The van der Waals surface area contributed by atoms with E-state index in [4.69, 9.17) is 4.74 Å². The second-order valence-electron chi connectivity index (χ2n) is 5.62. The van der Waals surface area contributed by atoms with Crippen LogP contribution < -0.4 is 5.32 Å². The van der Waals surface area contributed by atoms with Gasteiger partial charge in [-0.3, -0.25) is 9.69 Å². The largest absolute Gasteiger partial charge is 0.383 e. The molecule has 1 N–H and O–H groups in total. The summed E-state index contributed by atoms with van der Waals surface area (Å²) in [7, 11) is 1.62. The number of fused-ring (bicyclic) bond motifs is 1. The minimum atomic E-state index is -0.258. The zero-order chi connectivity index (χ0) is 16.2. The Labute approximate surface area is 139 Å². The molecule has 0 saturated carbocycles. The molecule has 1 atom stereocenters. The van der Waals surface area contributed by atoms with Crippen molar-refractivity contribution in [1.29, 1.82) is 0 Å². The van der Waals surface area contributed by atoms with Crippen molar-refractivity contribution < 1.29 is 9.53 Å². The van der Waals surface area contributed by atoms with Crippen molar-refractivity contribution in [2.75, 3.05) is 26.8 Å². The third-order valence-corrected chi connectivity index (χ3v) is 4.94. The number of aromatic nitrogens is 3. The second kappa shape index (κ2) is 7.20. The molecule has 7 nitrogen and oxygen atoms in total. The zero-order valence-electron chi connectivity index (χ0n) is 13.4. The number of carbonyl (C=O) groups excluding carboxylic acids is 1. The Bertz CT molecular complexity index is 668. The molecule has 2 aromatic heterocycles. The summed E-state index contributed by atoms with van der Waals surface area (Å²) in [4.78, 5) is 24.5. The van der Waals surface area contributed by atoms with Crippen LogP contribution in [0.4, 0.5) is 0 Å². The highest BCUT2D eigenvalue weighted by atomic mass is 32.1. The summed E-state index contributed by atoms with van der Waals surface area (Å²) < 4.78 is 6.96. The van der Waals surface area contributed by atoms with Crippen LogP contribution in [0, 0.1) is 6.92 Å². The van der Waals surface area contributed by atoms with E-state index >= 15 is 0 Å². The van der Waals surface area contributed by atoms with Crippen molar-refractivity contribution in [3.63, 3.8) is 0 Å². The molecule has 2 aromatic rings. The summed E-state index contributed by atoms with van der Waals surface area (Å²) in [5.74, 6) is 0.00651. The third-order valence-electron chi connectivity index (χ3n) is 4.02. The summed E-state index contributed by atoms with van der Waals surface area (Å²) in [6.45, 7) is 5.32. The van der Waals surface area contributed by atoms with Crippen LogP contribution in [-0.4, -0.2) is 52.1 Å². The van der Waals surface area contributed by atoms with Crippen LogP contribution in [0.1, 0.15) is 22.3 Å². The Morgan fingerprint density at radius 1 is 1.57 bits per heavy atom. The first kappa shape index (κ1) is 16.1. The van der Waals surface area contributed by atoms with Gasteiger partial charge in [0.2, 0.25) is 5.91 Å². The van der Waals surface area contributed by atoms with E-state index in [9.17, 15) is 4.79 Å². The molecule has 0 aromatic carbocycles. The van der Waals surface area contributed by atoms with Gasteiger partial charge >= 0.3 is 0 Å². The molecule has 1 aliphatic rings. The summed E-state index contributed by atoms with van der Waals surface area (Å²) in [6.07, 6.45) is 3.58. The number of nitrogens with zero attached hydrogens (tertiary/aromatic N) is 4. The fourth-order valence-corrected chi connectivity index (χ4v) is 3.58. The van der Waals surface area contributed by atoms with E-state index in [2.05, 4.69) is 20.2 Å². The molecule has 0 spiro atoms. The van der Waals surface area contributed by atoms with E-state index in [-0.39, 0.29) is 11.9 Å². The average molecular weight is 335 g/mol. The van der Waals surface area contributed by atoms with E-state index in [0.29, 0.717) is 19.7 Å². The maximum Gasteiger partial charge on any atom is 0.244 e. The van der Waals surface area contributed by atoms with E-state index in [1.54, 1.807) is 24.8 Å². The van der Waals surface area contributed by atoms with Gasteiger partial charge in [0.1, 0.15) is 6.04 Å². The minimum Gasteiger partial charge on any atom is -0.383 e. The number of ether oxygens (including phenoxy) is 1. The van der Waals surface area contributed by atoms with Crippen molar-refractivity contribution in [3.05, 3.63) is 34.3 Å². The van der Waals surface area contributed by atoms with Crippen LogP contribution in [0.15, 0.2) is 18.0 Å². The standard InChI is InChI=1S/C15H21N5O2S/c1-11-14(23-10-18-11)8-19-6-12-5-16-9-20(12)13(7-19)15(21)17-3-4-22-2/h5,9-10,13H,3-4,6-8H2,1-2H3,(H,17,21). The monoisotopic (exact) mass is 335 g/mol. The Hall–Kier alpha value is -1.77. The van der Waals surface area contributed by atoms with Gasteiger partial charge in [-0.05, 0) is 6.92 Å². The number of methoxy groups -OCH3 is 1. The fraction of sp³-hybridized carbons (Fsp3) is 0.533. The number of hydrogen-bond donors (Lipinski definition) is 1. The molecule has 3 heterocycles. The molecule has 1 amide bonds. The highest BCUT2D eigenvalue weighted by Gasteiger charge is 2.30. The van der Waals surface area contributed by atoms with Gasteiger partial charge in [0, 0.05) is 44.4 Å². The molecule has 1 aliphatic heterocycles. The molecule has 0 fully saturated rings. The van der Waals surface area contributed by atoms with Gasteiger partial charge in [0.25, 0.3) is 0 Å². The molecule has 0 saturated heterocycles. The average Bonchev–Trinajstić information content (AvgIpc) is 3.16. The molecular weight excluding hydrogens is 314 g/mol. The number of aryl methyl sites for hydroxylation is 1. The summed E-state index contributed by atoms with van der Waals surface area (Å²) in [6, 6.07) is -0.258. The highest BCUT2D eigenvalue weighted by Crippen LogP contribution is 2.24. The summed E-state index contributed by atoms with van der Waals surface area (Å²) in [5, 5.41) is 2.93. The van der Waals surface area contributed by atoms with Crippen molar-refractivity contribution in [1.82, 2.24) is 24.8 Å². The van der Waals surface area contributed by atoms with Crippen LogP contribution in [0.25, 0.3) is 0 Å². The lowest BCUT2D eigenvalue weighted by atomic mass is 10.1. The third kappa shape index (κ3) is 3.60. The van der Waals surface area contributed by atoms with Crippen molar-refractivity contribution >= 4 is 17.2 Å². The maximum absolute atomic E-state index is 12.5. The predicted octanol–water partition coefficient (Wildman–Crippen LogP) is 0.968. The van der Waals surface area contributed by atoms with Crippen LogP contribution in [-0.2, 0) is 22.6 Å². The van der Waals surface area contributed by atoms with Gasteiger partial charge in [0.05, 0.1) is 29.8 Å². The van der Waals surface area contributed by atoms with Gasteiger partial charge < -0.3 is 14.6 Å². The lowest BCUT2D eigenvalue weighted by molar-refractivity contribution is -0.125. The summed E-state index contributed by atoms with van der Waals surface area (Å²) in [5.41, 5.74) is 3.99. The Morgan fingerprint density at radius 3 is 3.17 bits per heavy atom. The lowest BCUT2D eigenvalue weighted by Crippen LogP contribution is -2.44. The van der Waals surface area contributed by atoms with Crippen LogP contribution in [0.2, 0.25) is 0 Å². The number of carbonyl (C=O) groups is 1. The molecule has 124 valence electrons. The summed E-state index contributed by atoms with van der Waals surface area (Å²) >= 11 is 1.66. The number of imidazole rings is 1. The van der Waals surface area contributed by atoms with E-state index in [0.717, 1.165) is 24.5 Å². The van der Waals surface area contributed by atoms with E-state index < -0.39 is 0 Å². The predicted molar refractivity (Wildman–Crippen MR) is 87.1 cm³/mol. The first-order valence-corrected chi connectivity index (χ1v) is 8.45. The fourth-order valence-electron chi connectivity index (χ4n) is 2.77. The van der Waals surface area contributed by atoms with Gasteiger partial charge in [-0.1, -0.05) is 0 Å². The Kier molecular flexibility index (Phi) is 5.04. The first-order chi connectivity index (χ1) is 11.2. The molecular formula is C15H21N5O2S. The zero-order valence-corrected chi connectivity index (χ0v) is 14.2. The number of thiazole rings is 1. The topological polar surface area (TPSA) is 72.3 Å². The molecule has 3 rings (SSSR count). The van der Waals surface area contributed by atoms with Crippen LogP contribution in [0.3, 0.4) is 0 Å². The van der Waals surface area contributed by atoms with Gasteiger partial charge in [-0.2, -0.15) is 0 Å². The van der Waals surface area contributed by atoms with Crippen LogP contribution >= 0.6 is 11.3 Å². The Morgan fingerprint density at radius 2 is 2.43 bits per heavy atom. The van der Waals surface area contributed by atoms with E-state index in [1.807, 2.05) is 23.2 Å². The molecule has 0 radical (unpaired) electrons. The second-order valence-corrected chi connectivity index (χ2v) is 6.56. The van der Waals surface area contributed by atoms with Crippen LogP contribution in [0.5, 0.6) is 0 Å². The minimum absolute atomic E-state index is 0.00651. The highest BCUT2D eigenvalue weighted by molar-refractivity contribution is 7.09. The van der Waals surface area contributed by atoms with Crippen molar-refractivity contribution in [2.24, 2.45) is 0 Å². The first-order valence-electron chi connectivity index (χ1n) is 7.57. The lowest BCUT2D eigenvalue weighted by Gasteiger charge is -2.33. The molecule has 0 bridgehead atoms. The van der Waals surface area contributed by atoms with E-state index in [1.165, 1.54) is 4.88 Å². The quantitative estimate of drug-likeness (QED) is 0.797. The number of amides is 1. The normalized spacial score (nSPS) is 17.9. The Balaban J connectivity index is 1.72. The number of rotatable bonds is 6. The number of nitrogens with one attached hydrogen (secondary N) is 1. The van der Waals surface area contributed by atoms with Gasteiger partial charge in [-0.25, -0.2) is 9.97 Å². The van der Waals surface area contributed by atoms with Crippen molar-refractivity contribution in [2.45, 2.75) is 26.1 Å².